The molecule has 3 aromatic carbocycles. The highest BCUT2D eigenvalue weighted by molar-refractivity contribution is 6.07. The maximum Gasteiger partial charge on any atom is 0.135 e. The number of fused-ring (bicyclic) bond motifs is 8. The van der Waals surface area contributed by atoms with E-state index in [0.29, 0.717) is 6.61 Å². The minimum atomic E-state index is 0. The summed E-state index contributed by atoms with van der Waals surface area (Å²) >= 11 is 0. The van der Waals surface area contributed by atoms with Gasteiger partial charge in [-0.25, -0.2) is 0 Å². The van der Waals surface area contributed by atoms with Gasteiger partial charge in [0.05, 0.1) is 0 Å². The molecule has 3 aromatic rings. The third-order valence-electron chi connectivity index (χ3n) is 4.57. The van der Waals surface area contributed by atoms with Crippen LogP contribution in [0.1, 0.15) is 121 Å². The summed E-state index contributed by atoms with van der Waals surface area (Å²) in [4.78, 5) is 0. The van der Waals surface area contributed by atoms with Crippen LogP contribution in [0.15, 0.2) is 54.6 Å². The van der Waals surface area contributed by atoms with Gasteiger partial charge in [0.2, 0.25) is 0 Å². The lowest BCUT2D eigenvalue weighted by Crippen LogP contribution is -2.04. The molecular formula is C34H70O. The zero-order valence-electron chi connectivity index (χ0n) is 11.6. The van der Waals surface area contributed by atoms with E-state index in [2.05, 4.69) is 60.7 Å². The minimum absolute atomic E-state index is 0. The Hall–Kier alpha value is -2.54. The lowest BCUT2D eigenvalue weighted by molar-refractivity contribution is 0.362. The highest BCUT2D eigenvalue weighted by atomic mass is 16.5. The molecule has 1 aliphatic heterocycles. The maximum atomic E-state index is 5.97. The molecule has 35 heavy (non-hydrogen) atoms. The molecule has 0 amide bonds. The second-order valence-electron chi connectivity index (χ2n) is 5.69. The highest BCUT2D eigenvalue weighted by Gasteiger charge is 2.26. The van der Waals surface area contributed by atoms with Crippen LogP contribution in [0.3, 0.4) is 0 Å². The number of hydrogen-bond donors (Lipinski definition) is 0. The first kappa shape index (κ1) is 63.7. The Morgan fingerprint density at radius 3 is 1.60 bits per heavy atom. The van der Waals surface area contributed by atoms with Gasteiger partial charge in [-0.15, -0.1) is 0 Å². The highest BCUT2D eigenvalue weighted by Crippen LogP contribution is 2.48. The van der Waals surface area contributed by atoms with Crippen LogP contribution < -0.4 is 4.74 Å². The largest absolute Gasteiger partial charge is 0.488 e. The summed E-state index contributed by atoms with van der Waals surface area (Å²) in [6, 6.07) is 17.4. The summed E-state index contributed by atoms with van der Waals surface area (Å²) in [6.07, 6.45) is 5.35. The predicted octanol–water partition coefficient (Wildman–Crippen LogP) is 13.7. The standard InChI is InChI=1S/C20H14O.14CH4/c1-2-7-14-13(6-1)12-18-17-10-5-11-21-20(17)16-9-4-3-8-15(16)19(14)18;;;;;;;;;;;;;;/h1-10H,11-12H2;14*1H4. The van der Waals surface area contributed by atoms with Crippen molar-refractivity contribution < 1.29 is 4.74 Å². The summed E-state index contributed by atoms with van der Waals surface area (Å²) in [5.41, 5.74) is 6.89. The zero-order chi connectivity index (χ0) is 13.8. The fourth-order valence-electron chi connectivity index (χ4n) is 3.71. The third kappa shape index (κ3) is 9.21. The van der Waals surface area contributed by atoms with Crippen LogP contribution in [0.4, 0.5) is 0 Å². The van der Waals surface area contributed by atoms with Crippen molar-refractivity contribution in [1.29, 1.82) is 0 Å². The van der Waals surface area contributed by atoms with Crippen LogP contribution in [-0.2, 0) is 6.42 Å². The Balaban J connectivity index is -0.0000000558. The Labute approximate surface area is 226 Å². The zero-order valence-corrected chi connectivity index (χ0v) is 11.6. The molecule has 1 heterocycles. The van der Waals surface area contributed by atoms with Gasteiger partial charge in [0.1, 0.15) is 12.4 Å². The topological polar surface area (TPSA) is 9.23 Å². The summed E-state index contributed by atoms with van der Waals surface area (Å²) < 4.78 is 5.97. The van der Waals surface area contributed by atoms with Gasteiger partial charge in [-0.1, -0.05) is 159 Å². The van der Waals surface area contributed by atoms with E-state index in [9.17, 15) is 0 Å². The number of hydrogen-bond acceptors (Lipinski definition) is 1. The molecule has 212 valence electrons. The van der Waals surface area contributed by atoms with E-state index >= 15 is 0 Å². The van der Waals surface area contributed by atoms with Crippen molar-refractivity contribution >= 4 is 16.8 Å². The smallest absolute Gasteiger partial charge is 0.135 e. The lowest BCUT2D eigenvalue weighted by Gasteiger charge is -2.19. The molecule has 0 unspecified atom stereocenters. The van der Waals surface area contributed by atoms with Crippen LogP contribution in [0.25, 0.3) is 28.0 Å². The van der Waals surface area contributed by atoms with E-state index in [1.165, 1.54) is 38.6 Å². The molecule has 0 aromatic heterocycles. The summed E-state index contributed by atoms with van der Waals surface area (Å²) in [7, 11) is 0. The van der Waals surface area contributed by atoms with E-state index < -0.39 is 0 Å². The van der Waals surface area contributed by atoms with Crippen LogP contribution >= 0.6 is 0 Å². The van der Waals surface area contributed by atoms with E-state index in [0.717, 1.165) is 12.2 Å². The predicted molar refractivity (Wildman–Crippen MR) is 181 cm³/mol. The van der Waals surface area contributed by atoms with Crippen LogP contribution in [-0.4, -0.2) is 6.61 Å². The fraction of sp³-hybridized carbons (Fsp3) is 0.471. The summed E-state index contributed by atoms with van der Waals surface area (Å²) in [5.74, 6) is 1.06. The number of rotatable bonds is 0. The lowest BCUT2D eigenvalue weighted by atomic mass is 9.92. The normalized spacial score (nSPS) is 8.69. The van der Waals surface area contributed by atoms with Crippen LogP contribution in [0.5, 0.6) is 5.75 Å². The van der Waals surface area contributed by atoms with E-state index in [4.69, 9.17) is 4.74 Å². The Kier molecular flexibility index (Phi) is 44.7. The van der Waals surface area contributed by atoms with Crippen molar-refractivity contribution in [3.63, 3.8) is 0 Å². The number of ether oxygens (including phenoxy) is 1. The van der Waals surface area contributed by atoms with E-state index in [1.54, 1.807) is 0 Å². The van der Waals surface area contributed by atoms with Gasteiger partial charge >= 0.3 is 0 Å². The fourth-order valence-corrected chi connectivity index (χ4v) is 3.71. The molecule has 0 radical (unpaired) electrons. The molecular weight excluding hydrogens is 424 g/mol. The van der Waals surface area contributed by atoms with Crippen LogP contribution in [0.2, 0.25) is 0 Å². The minimum Gasteiger partial charge on any atom is -0.488 e. The van der Waals surface area contributed by atoms with Crippen molar-refractivity contribution in [1.82, 2.24) is 0 Å². The van der Waals surface area contributed by atoms with Gasteiger partial charge in [0, 0.05) is 10.9 Å². The SMILES string of the molecule is C.C.C.C.C.C.C.C.C.C.C.C.C.C.C1=Cc2c3c(c4ccccc4c2OC1)-c1ccccc1C3. The summed E-state index contributed by atoms with van der Waals surface area (Å²) in [6.45, 7) is 0.669. The van der Waals surface area contributed by atoms with E-state index in [1.807, 2.05) is 0 Å². The molecule has 0 saturated carbocycles. The third-order valence-corrected chi connectivity index (χ3v) is 4.57. The van der Waals surface area contributed by atoms with Gasteiger partial charge in [0.25, 0.3) is 0 Å². The van der Waals surface area contributed by atoms with Crippen molar-refractivity contribution in [2.45, 2.75) is 110 Å². The summed E-state index contributed by atoms with van der Waals surface area (Å²) in [5, 5.41) is 2.54. The Bertz CT molecular complexity index is 919. The molecule has 1 aliphatic carbocycles. The molecule has 5 rings (SSSR count). The number of benzene rings is 3. The van der Waals surface area contributed by atoms with Crippen molar-refractivity contribution in [2.75, 3.05) is 6.61 Å². The van der Waals surface area contributed by atoms with Crippen molar-refractivity contribution in [3.05, 3.63) is 71.3 Å². The van der Waals surface area contributed by atoms with Gasteiger partial charge in [-0.05, 0) is 40.1 Å². The molecule has 0 spiro atoms. The first-order chi connectivity index (χ1) is 10.4. The van der Waals surface area contributed by atoms with Crippen molar-refractivity contribution in [3.8, 4) is 16.9 Å². The Morgan fingerprint density at radius 2 is 1.03 bits per heavy atom. The van der Waals surface area contributed by atoms with Gasteiger partial charge in [0.15, 0.2) is 0 Å². The van der Waals surface area contributed by atoms with Gasteiger partial charge in [-0.3, -0.25) is 0 Å². The maximum absolute atomic E-state index is 5.97. The molecule has 1 nitrogen and oxygen atoms in total. The van der Waals surface area contributed by atoms with Crippen LogP contribution in [0, 0.1) is 0 Å². The molecule has 2 aliphatic rings. The monoisotopic (exact) mass is 495 g/mol. The van der Waals surface area contributed by atoms with Gasteiger partial charge in [-0.2, -0.15) is 0 Å². The first-order valence-electron chi connectivity index (χ1n) is 7.38. The molecule has 0 bridgehead atoms. The first-order valence-corrected chi connectivity index (χ1v) is 7.38. The average Bonchev–Trinajstić information content (AvgIpc) is 2.95. The van der Waals surface area contributed by atoms with E-state index in [-0.39, 0.29) is 104 Å². The molecule has 0 fully saturated rings. The molecule has 0 saturated heterocycles. The molecule has 1 heteroatoms. The second kappa shape index (κ2) is 24.6. The van der Waals surface area contributed by atoms with Crippen molar-refractivity contribution in [2.24, 2.45) is 0 Å². The van der Waals surface area contributed by atoms with Gasteiger partial charge < -0.3 is 4.74 Å². The Morgan fingerprint density at radius 1 is 0.543 bits per heavy atom. The molecule has 0 N–H and O–H groups in total. The quantitative estimate of drug-likeness (QED) is 0.236. The second-order valence-corrected chi connectivity index (χ2v) is 5.69. The molecule has 0 atom stereocenters. The average molecular weight is 495 g/mol.